The zero-order chi connectivity index (χ0) is 25.7. The first-order chi connectivity index (χ1) is 16.6. The molecule has 0 aliphatic rings. The Morgan fingerprint density at radius 1 is 1.09 bits per heavy atom. The second-order valence-electron chi connectivity index (χ2n) is 8.80. The van der Waals surface area contributed by atoms with Gasteiger partial charge in [0.1, 0.15) is 17.7 Å². The maximum absolute atomic E-state index is 14.3. The highest BCUT2D eigenvalue weighted by molar-refractivity contribution is 5.81. The molecule has 0 spiro atoms. The maximum atomic E-state index is 14.3. The number of carboxylic acid groups (broad SMARTS) is 1. The number of nitrogens with one attached hydrogen (secondary N) is 1. The zero-order valence-corrected chi connectivity index (χ0v) is 19.7. The fourth-order valence-corrected chi connectivity index (χ4v) is 3.84. The molecule has 0 saturated carbocycles. The number of halogens is 2. The fourth-order valence-electron chi connectivity index (χ4n) is 3.84. The fraction of sp³-hybridized carbons (Fsp3) is 0.308. The Balaban J connectivity index is 1.98. The second kappa shape index (κ2) is 11.0. The lowest BCUT2D eigenvalue weighted by Gasteiger charge is -2.24. The molecule has 3 aromatic rings. The van der Waals surface area contributed by atoms with E-state index in [4.69, 9.17) is 0 Å². The van der Waals surface area contributed by atoms with Crippen molar-refractivity contribution in [2.75, 3.05) is 0 Å². The smallest absolute Gasteiger partial charge is 0.305 e. The molecule has 0 fully saturated rings. The molecule has 2 atom stereocenters. The van der Waals surface area contributed by atoms with Crippen LogP contribution in [0.25, 0.3) is 11.3 Å². The number of carbonyl (C=O) groups is 2. The third kappa shape index (κ3) is 6.38. The quantitative estimate of drug-likeness (QED) is 0.469. The van der Waals surface area contributed by atoms with Crippen LogP contribution < -0.4 is 10.9 Å². The number of rotatable bonds is 9. The van der Waals surface area contributed by atoms with Gasteiger partial charge in [-0.25, -0.2) is 8.78 Å². The molecule has 1 aromatic carbocycles. The minimum absolute atomic E-state index is 0.0313. The van der Waals surface area contributed by atoms with Crippen LogP contribution in [0.1, 0.15) is 50.0 Å². The Morgan fingerprint density at radius 2 is 1.74 bits per heavy atom. The molecule has 35 heavy (non-hydrogen) atoms. The van der Waals surface area contributed by atoms with E-state index in [0.29, 0.717) is 6.42 Å². The van der Waals surface area contributed by atoms with Gasteiger partial charge in [-0.05, 0) is 55.2 Å². The third-order valence-corrected chi connectivity index (χ3v) is 5.48. The Hall–Kier alpha value is -3.88. The van der Waals surface area contributed by atoms with Crippen molar-refractivity contribution in [1.82, 2.24) is 14.9 Å². The van der Waals surface area contributed by atoms with Gasteiger partial charge in [0.05, 0.1) is 29.4 Å². The van der Waals surface area contributed by atoms with E-state index in [1.165, 1.54) is 41.1 Å². The molecule has 3 rings (SSSR count). The zero-order valence-electron chi connectivity index (χ0n) is 19.7. The number of aliphatic carboxylic acids is 1. The average molecular weight is 484 g/mol. The van der Waals surface area contributed by atoms with Gasteiger partial charge in [0, 0.05) is 12.3 Å². The Labute approximate surface area is 201 Å². The average Bonchev–Trinajstić information content (AvgIpc) is 2.77. The van der Waals surface area contributed by atoms with Crippen LogP contribution in [0, 0.1) is 24.5 Å². The molecule has 0 bridgehead atoms. The number of benzene rings is 1. The summed E-state index contributed by atoms with van der Waals surface area (Å²) in [6.45, 7) is 5.58. The highest BCUT2D eigenvalue weighted by Gasteiger charge is 2.27. The molecule has 184 valence electrons. The molecule has 0 unspecified atom stereocenters. The monoisotopic (exact) mass is 483 g/mol. The molecule has 2 N–H and O–H groups in total. The number of pyridine rings is 2. The molecular weight excluding hydrogens is 456 g/mol. The Morgan fingerprint density at radius 3 is 2.34 bits per heavy atom. The molecule has 2 aromatic heterocycles. The van der Waals surface area contributed by atoms with Gasteiger partial charge in [-0.1, -0.05) is 26.0 Å². The van der Waals surface area contributed by atoms with Crippen molar-refractivity contribution in [2.45, 2.75) is 45.7 Å². The van der Waals surface area contributed by atoms with E-state index < -0.39 is 42.0 Å². The summed E-state index contributed by atoms with van der Waals surface area (Å²) < 4.78 is 29.9. The number of aryl methyl sites for hydroxylation is 1. The number of amides is 1. The first kappa shape index (κ1) is 25.7. The van der Waals surface area contributed by atoms with Gasteiger partial charge in [-0.15, -0.1) is 0 Å². The van der Waals surface area contributed by atoms with Crippen molar-refractivity contribution in [2.24, 2.45) is 5.92 Å². The summed E-state index contributed by atoms with van der Waals surface area (Å²) in [6, 6.07) is 8.95. The molecule has 0 saturated heterocycles. The van der Waals surface area contributed by atoms with Gasteiger partial charge < -0.3 is 15.0 Å². The van der Waals surface area contributed by atoms with Crippen molar-refractivity contribution in [3.05, 3.63) is 88.0 Å². The van der Waals surface area contributed by atoms with Crippen molar-refractivity contribution < 1.29 is 23.5 Å². The SMILES string of the molecule is Cc1ccn([C@@H](CC(C)C)C(=O)N[C@H](CC(=O)O)c2cccc(-c3c(F)cccc3F)n2)c(=O)c1. The van der Waals surface area contributed by atoms with Gasteiger partial charge in [0.2, 0.25) is 5.91 Å². The van der Waals surface area contributed by atoms with Crippen LogP contribution in [0.4, 0.5) is 8.78 Å². The summed E-state index contributed by atoms with van der Waals surface area (Å²) >= 11 is 0. The van der Waals surface area contributed by atoms with Gasteiger partial charge in [-0.2, -0.15) is 0 Å². The van der Waals surface area contributed by atoms with Crippen LogP contribution in [0.15, 0.2) is 59.5 Å². The Bertz CT molecular complexity index is 1270. The number of hydrogen-bond acceptors (Lipinski definition) is 4. The van der Waals surface area contributed by atoms with Gasteiger partial charge in [0.15, 0.2) is 0 Å². The second-order valence-corrected chi connectivity index (χ2v) is 8.80. The molecule has 1 amide bonds. The minimum Gasteiger partial charge on any atom is -0.481 e. The van der Waals surface area contributed by atoms with Crippen LogP contribution in [0.5, 0.6) is 0 Å². The number of carboxylic acids is 1. The molecule has 0 radical (unpaired) electrons. The van der Waals surface area contributed by atoms with Crippen LogP contribution >= 0.6 is 0 Å². The minimum atomic E-state index is -1.20. The standard InChI is InChI=1S/C26H27F2N3O4/c1-15(2)12-22(31-11-10-16(3)13-23(31)32)26(35)30-21(14-24(33)34)19-8-5-9-20(29-19)25-17(27)6-4-7-18(25)28/h4-11,13,15,21-22H,12,14H2,1-3H3,(H,30,35)(H,33,34)/t21-,22+/m1/s1. The van der Waals surface area contributed by atoms with Crippen molar-refractivity contribution in [3.63, 3.8) is 0 Å². The van der Waals surface area contributed by atoms with Gasteiger partial charge in [-0.3, -0.25) is 19.4 Å². The van der Waals surface area contributed by atoms with Gasteiger partial charge in [0.25, 0.3) is 5.56 Å². The van der Waals surface area contributed by atoms with Crippen molar-refractivity contribution in [1.29, 1.82) is 0 Å². The molecule has 0 aliphatic carbocycles. The van der Waals surface area contributed by atoms with E-state index in [1.54, 1.807) is 13.0 Å². The first-order valence-electron chi connectivity index (χ1n) is 11.2. The molecule has 0 aliphatic heterocycles. The number of aromatic nitrogens is 2. The molecule has 7 nitrogen and oxygen atoms in total. The summed E-state index contributed by atoms with van der Waals surface area (Å²) in [7, 11) is 0. The maximum Gasteiger partial charge on any atom is 0.305 e. The number of carbonyl (C=O) groups excluding carboxylic acids is 1. The normalized spacial score (nSPS) is 12.9. The topological polar surface area (TPSA) is 101 Å². The van der Waals surface area contributed by atoms with E-state index in [-0.39, 0.29) is 28.4 Å². The van der Waals surface area contributed by atoms with Crippen molar-refractivity contribution in [3.8, 4) is 11.3 Å². The lowest BCUT2D eigenvalue weighted by atomic mass is 10.0. The van der Waals surface area contributed by atoms with E-state index in [0.717, 1.165) is 17.7 Å². The van der Waals surface area contributed by atoms with Crippen molar-refractivity contribution >= 4 is 11.9 Å². The molecular formula is C26H27F2N3O4. The summed E-state index contributed by atoms with van der Waals surface area (Å²) in [5.41, 5.74) is 0.145. The summed E-state index contributed by atoms with van der Waals surface area (Å²) in [6.07, 6.45) is 1.36. The molecule has 2 heterocycles. The lowest BCUT2D eigenvalue weighted by Crippen LogP contribution is -2.40. The number of hydrogen-bond donors (Lipinski definition) is 2. The Kier molecular flexibility index (Phi) is 8.11. The number of nitrogens with zero attached hydrogens (tertiary/aromatic N) is 2. The predicted octanol–water partition coefficient (Wildman–Crippen LogP) is 4.42. The van der Waals surface area contributed by atoms with E-state index in [2.05, 4.69) is 10.3 Å². The van der Waals surface area contributed by atoms with Gasteiger partial charge >= 0.3 is 5.97 Å². The van der Waals surface area contributed by atoms with Crippen LogP contribution in [-0.4, -0.2) is 26.5 Å². The van der Waals surface area contributed by atoms with E-state index in [9.17, 15) is 28.3 Å². The van der Waals surface area contributed by atoms with E-state index in [1.807, 2.05) is 13.8 Å². The summed E-state index contributed by atoms with van der Waals surface area (Å²) in [4.78, 5) is 41.8. The van der Waals surface area contributed by atoms with Crippen LogP contribution in [0.2, 0.25) is 0 Å². The summed E-state index contributed by atoms with van der Waals surface area (Å²) in [5, 5.41) is 12.1. The highest BCUT2D eigenvalue weighted by atomic mass is 19.1. The molecule has 9 heteroatoms. The largest absolute Gasteiger partial charge is 0.481 e. The predicted molar refractivity (Wildman–Crippen MR) is 127 cm³/mol. The lowest BCUT2D eigenvalue weighted by molar-refractivity contribution is -0.138. The third-order valence-electron chi connectivity index (χ3n) is 5.48. The highest BCUT2D eigenvalue weighted by Crippen LogP contribution is 2.27. The van der Waals surface area contributed by atoms with Crippen LogP contribution in [-0.2, 0) is 9.59 Å². The van der Waals surface area contributed by atoms with Crippen LogP contribution in [0.3, 0.4) is 0 Å². The summed E-state index contributed by atoms with van der Waals surface area (Å²) in [5.74, 6) is -3.33. The first-order valence-corrected chi connectivity index (χ1v) is 11.2. The van der Waals surface area contributed by atoms with E-state index >= 15 is 0 Å².